The van der Waals surface area contributed by atoms with Crippen LogP contribution >= 0.6 is 0 Å². The van der Waals surface area contributed by atoms with E-state index in [1.165, 1.54) is 0 Å². The van der Waals surface area contributed by atoms with Crippen LogP contribution in [0.4, 0.5) is 0 Å². The molecule has 2 rings (SSSR count). The van der Waals surface area contributed by atoms with Crippen molar-refractivity contribution in [2.75, 3.05) is 39.4 Å². The highest BCUT2D eigenvalue weighted by Crippen LogP contribution is 2.20. The molecule has 2 amide bonds. The fourth-order valence-electron chi connectivity index (χ4n) is 3.16. The Labute approximate surface area is 136 Å². The minimum absolute atomic E-state index is 0.0369. The van der Waals surface area contributed by atoms with Crippen molar-refractivity contribution < 1.29 is 24.2 Å². The number of hydrogen-bond acceptors (Lipinski definition) is 4. The van der Waals surface area contributed by atoms with Crippen LogP contribution in [-0.4, -0.2) is 72.1 Å². The van der Waals surface area contributed by atoms with E-state index >= 15 is 0 Å². The van der Waals surface area contributed by atoms with E-state index in [2.05, 4.69) is 0 Å². The van der Waals surface area contributed by atoms with Crippen LogP contribution in [0.3, 0.4) is 0 Å². The molecule has 2 aliphatic rings. The molecule has 0 aromatic carbocycles. The summed E-state index contributed by atoms with van der Waals surface area (Å²) < 4.78 is 5.27. The second-order valence-corrected chi connectivity index (χ2v) is 6.22. The average molecular weight is 326 g/mol. The molecule has 2 saturated heterocycles. The molecule has 1 atom stereocenters. The second kappa shape index (κ2) is 8.86. The Hall–Kier alpha value is -1.63. The molecule has 7 nitrogen and oxygen atoms in total. The molecule has 2 fully saturated rings. The van der Waals surface area contributed by atoms with E-state index in [1.54, 1.807) is 4.90 Å². The third kappa shape index (κ3) is 5.49. The summed E-state index contributed by atoms with van der Waals surface area (Å²) in [5.41, 5.74) is 0. The first kappa shape index (κ1) is 17.7. The fourth-order valence-corrected chi connectivity index (χ4v) is 3.16. The first-order valence-corrected chi connectivity index (χ1v) is 8.44. The zero-order valence-electron chi connectivity index (χ0n) is 13.5. The maximum atomic E-state index is 12.5. The van der Waals surface area contributed by atoms with Crippen molar-refractivity contribution in [2.45, 2.75) is 38.5 Å². The van der Waals surface area contributed by atoms with Crippen molar-refractivity contribution in [1.82, 2.24) is 9.80 Å². The molecule has 23 heavy (non-hydrogen) atoms. The van der Waals surface area contributed by atoms with Crippen LogP contribution in [0, 0.1) is 5.92 Å². The highest BCUT2D eigenvalue weighted by molar-refractivity contribution is 5.81. The molecule has 1 N–H and O–H groups in total. The van der Waals surface area contributed by atoms with E-state index in [-0.39, 0.29) is 24.2 Å². The van der Waals surface area contributed by atoms with Gasteiger partial charge in [0.1, 0.15) is 0 Å². The molecule has 2 aliphatic heterocycles. The standard InChI is InChI=1S/C16H26N2O5/c19-14(5-1-2-6-15(20)21)18-7-3-4-13(12-18)16(22)17-8-10-23-11-9-17/h13H,1-12H2,(H,20,21). The van der Waals surface area contributed by atoms with Crippen molar-refractivity contribution in [2.24, 2.45) is 5.92 Å². The zero-order valence-corrected chi connectivity index (χ0v) is 13.5. The summed E-state index contributed by atoms with van der Waals surface area (Å²) in [6.07, 6.45) is 3.26. The molecule has 0 aromatic heterocycles. The molecule has 0 radical (unpaired) electrons. The lowest BCUT2D eigenvalue weighted by atomic mass is 9.96. The number of carboxylic acids is 1. The SMILES string of the molecule is O=C(O)CCCCC(=O)N1CCCC(C(=O)N2CCOCC2)C1. The predicted molar refractivity (Wildman–Crippen MR) is 82.8 cm³/mol. The van der Waals surface area contributed by atoms with Gasteiger partial charge in [0.15, 0.2) is 0 Å². The van der Waals surface area contributed by atoms with Crippen LogP contribution < -0.4 is 0 Å². The number of carboxylic acid groups (broad SMARTS) is 1. The van der Waals surface area contributed by atoms with Gasteiger partial charge in [-0.2, -0.15) is 0 Å². The number of hydrogen-bond donors (Lipinski definition) is 1. The van der Waals surface area contributed by atoms with E-state index in [9.17, 15) is 14.4 Å². The highest BCUT2D eigenvalue weighted by atomic mass is 16.5. The average Bonchev–Trinajstić information content (AvgIpc) is 2.58. The number of unbranched alkanes of at least 4 members (excludes halogenated alkanes) is 1. The molecule has 0 saturated carbocycles. The number of ether oxygens (including phenoxy) is 1. The first-order chi connectivity index (χ1) is 11.1. The minimum atomic E-state index is -0.827. The number of likely N-dealkylation sites (tertiary alicyclic amines) is 1. The third-order valence-electron chi connectivity index (χ3n) is 4.48. The first-order valence-electron chi connectivity index (χ1n) is 8.44. The summed E-state index contributed by atoms with van der Waals surface area (Å²) >= 11 is 0. The number of aliphatic carboxylic acids is 1. The van der Waals surface area contributed by atoms with Crippen LogP contribution in [0.25, 0.3) is 0 Å². The van der Waals surface area contributed by atoms with Crippen molar-refractivity contribution in [3.05, 3.63) is 0 Å². The number of carbonyl (C=O) groups is 3. The molecule has 0 aromatic rings. The Balaban J connectivity index is 1.76. The molecular weight excluding hydrogens is 300 g/mol. The molecule has 0 spiro atoms. The predicted octanol–water partition coefficient (Wildman–Crippen LogP) is 0.729. The molecular formula is C16H26N2O5. The van der Waals surface area contributed by atoms with Gasteiger partial charge in [0.2, 0.25) is 11.8 Å². The smallest absolute Gasteiger partial charge is 0.303 e. The van der Waals surface area contributed by atoms with Gasteiger partial charge in [0, 0.05) is 39.0 Å². The summed E-state index contributed by atoms with van der Waals surface area (Å²) in [5.74, 6) is -0.761. The van der Waals surface area contributed by atoms with Crippen molar-refractivity contribution in [3.63, 3.8) is 0 Å². The van der Waals surface area contributed by atoms with Crippen molar-refractivity contribution in [1.29, 1.82) is 0 Å². The van der Waals surface area contributed by atoms with Gasteiger partial charge in [-0.3, -0.25) is 14.4 Å². The number of rotatable bonds is 6. The second-order valence-electron chi connectivity index (χ2n) is 6.22. The molecule has 130 valence electrons. The van der Waals surface area contributed by atoms with E-state index in [0.29, 0.717) is 58.7 Å². The van der Waals surface area contributed by atoms with E-state index < -0.39 is 5.97 Å². The van der Waals surface area contributed by atoms with Gasteiger partial charge >= 0.3 is 5.97 Å². The van der Waals surface area contributed by atoms with Gasteiger partial charge in [-0.05, 0) is 25.7 Å². The minimum Gasteiger partial charge on any atom is -0.481 e. The van der Waals surface area contributed by atoms with Crippen LogP contribution in [0.2, 0.25) is 0 Å². The number of amides is 2. The van der Waals surface area contributed by atoms with E-state index in [1.807, 2.05) is 4.90 Å². The summed E-state index contributed by atoms with van der Waals surface area (Å²) in [6, 6.07) is 0. The van der Waals surface area contributed by atoms with Crippen molar-refractivity contribution >= 4 is 17.8 Å². The topological polar surface area (TPSA) is 87.2 Å². The van der Waals surface area contributed by atoms with Crippen LogP contribution in [0.15, 0.2) is 0 Å². The Bertz CT molecular complexity index is 434. The number of morpholine rings is 1. The normalized spacial score (nSPS) is 22.0. The van der Waals surface area contributed by atoms with E-state index in [4.69, 9.17) is 9.84 Å². The lowest BCUT2D eigenvalue weighted by Gasteiger charge is -2.36. The summed E-state index contributed by atoms with van der Waals surface area (Å²) in [4.78, 5) is 38.8. The third-order valence-corrected chi connectivity index (χ3v) is 4.48. The Morgan fingerprint density at radius 3 is 2.39 bits per heavy atom. The van der Waals surface area contributed by atoms with Crippen molar-refractivity contribution in [3.8, 4) is 0 Å². The molecule has 1 unspecified atom stereocenters. The molecule has 7 heteroatoms. The van der Waals surface area contributed by atoms with Crippen LogP contribution in [0.5, 0.6) is 0 Å². The fraction of sp³-hybridized carbons (Fsp3) is 0.812. The summed E-state index contributed by atoms with van der Waals surface area (Å²) in [6.45, 7) is 3.64. The van der Waals surface area contributed by atoms with Gasteiger partial charge in [0.05, 0.1) is 19.1 Å². The molecule has 0 bridgehead atoms. The van der Waals surface area contributed by atoms with Gasteiger partial charge in [-0.1, -0.05) is 0 Å². The number of carbonyl (C=O) groups excluding carboxylic acids is 2. The maximum absolute atomic E-state index is 12.5. The maximum Gasteiger partial charge on any atom is 0.303 e. The monoisotopic (exact) mass is 326 g/mol. The Morgan fingerprint density at radius 1 is 1.00 bits per heavy atom. The number of nitrogens with zero attached hydrogens (tertiary/aromatic N) is 2. The van der Waals surface area contributed by atoms with Gasteiger partial charge in [0.25, 0.3) is 0 Å². The van der Waals surface area contributed by atoms with Gasteiger partial charge in [-0.15, -0.1) is 0 Å². The molecule has 2 heterocycles. The van der Waals surface area contributed by atoms with Gasteiger partial charge < -0.3 is 19.6 Å². The Morgan fingerprint density at radius 2 is 1.70 bits per heavy atom. The largest absolute Gasteiger partial charge is 0.481 e. The number of piperidine rings is 1. The Kier molecular flexibility index (Phi) is 6.83. The van der Waals surface area contributed by atoms with Gasteiger partial charge in [-0.25, -0.2) is 0 Å². The van der Waals surface area contributed by atoms with Crippen LogP contribution in [0.1, 0.15) is 38.5 Å². The highest BCUT2D eigenvalue weighted by Gasteiger charge is 2.31. The quantitative estimate of drug-likeness (QED) is 0.727. The molecule has 0 aliphatic carbocycles. The van der Waals surface area contributed by atoms with Crippen LogP contribution in [-0.2, 0) is 19.1 Å². The van der Waals surface area contributed by atoms with E-state index in [0.717, 1.165) is 12.8 Å². The lowest BCUT2D eigenvalue weighted by Crippen LogP contribution is -2.49. The summed E-state index contributed by atoms with van der Waals surface area (Å²) in [5, 5.41) is 8.60. The lowest BCUT2D eigenvalue weighted by molar-refractivity contribution is -0.144. The zero-order chi connectivity index (χ0) is 16.7. The summed E-state index contributed by atoms with van der Waals surface area (Å²) in [7, 11) is 0.